The van der Waals surface area contributed by atoms with Crippen molar-refractivity contribution in [3.8, 4) is 11.1 Å². The highest BCUT2D eigenvalue weighted by Gasteiger charge is 2.19. The van der Waals surface area contributed by atoms with E-state index >= 15 is 0 Å². The van der Waals surface area contributed by atoms with Crippen molar-refractivity contribution in [2.45, 2.75) is 9.79 Å². The van der Waals surface area contributed by atoms with E-state index in [1.807, 2.05) is 11.8 Å². The monoisotopic (exact) mass is 325 g/mol. The van der Waals surface area contributed by atoms with Crippen LogP contribution in [0.3, 0.4) is 0 Å². The molecule has 0 bridgehead atoms. The van der Waals surface area contributed by atoms with Crippen LogP contribution in [0.1, 0.15) is 0 Å². The topological polar surface area (TPSA) is 12.0 Å². The normalized spacial score (nSPS) is 12.3. The summed E-state index contributed by atoms with van der Waals surface area (Å²) in [4.78, 5) is 2.56. The zero-order chi connectivity index (χ0) is 15.9. The first kappa shape index (κ1) is 13.7. The molecular formula is C22H15NS. The van der Waals surface area contributed by atoms with Gasteiger partial charge >= 0.3 is 0 Å². The fourth-order valence-corrected chi connectivity index (χ4v) is 4.31. The second-order valence-electron chi connectivity index (χ2n) is 5.97. The number of rotatable bonds is 1. The first-order valence-electron chi connectivity index (χ1n) is 8.04. The molecule has 0 saturated heterocycles. The summed E-state index contributed by atoms with van der Waals surface area (Å²) in [7, 11) is 0. The minimum absolute atomic E-state index is 1.19. The standard InChI is InChI=1S/C22H15NS/c1-2-7-15(8-3-1)18-11-6-12-20-22(18)23-19-13-16-9-4-5-10-17(16)14-21(19)24-20/h1-14,23H. The van der Waals surface area contributed by atoms with E-state index in [1.165, 1.54) is 43.1 Å². The van der Waals surface area contributed by atoms with Gasteiger partial charge in [0, 0.05) is 15.4 Å². The lowest BCUT2D eigenvalue weighted by Crippen LogP contribution is -2.01. The number of nitrogens with one attached hydrogen (secondary N) is 1. The molecule has 0 radical (unpaired) electrons. The summed E-state index contributed by atoms with van der Waals surface area (Å²) < 4.78 is 0. The maximum Gasteiger partial charge on any atom is 0.0606 e. The molecule has 4 aromatic rings. The van der Waals surface area contributed by atoms with Gasteiger partial charge in [0.15, 0.2) is 0 Å². The Morgan fingerprint density at radius 1 is 0.625 bits per heavy atom. The van der Waals surface area contributed by atoms with Crippen LogP contribution in [-0.4, -0.2) is 0 Å². The zero-order valence-electron chi connectivity index (χ0n) is 13.0. The van der Waals surface area contributed by atoms with Crippen molar-refractivity contribution in [2.24, 2.45) is 0 Å². The molecule has 2 heteroatoms. The summed E-state index contributed by atoms with van der Waals surface area (Å²) in [5.74, 6) is 0. The fraction of sp³-hybridized carbons (Fsp3) is 0. The number of fused-ring (bicyclic) bond motifs is 3. The Kier molecular flexibility index (Phi) is 3.10. The van der Waals surface area contributed by atoms with E-state index in [4.69, 9.17) is 0 Å². The van der Waals surface area contributed by atoms with Crippen LogP contribution >= 0.6 is 11.8 Å². The molecule has 0 aromatic heterocycles. The van der Waals surface area contributed by atoms with E-state index in [1.54, 1.807) is 0 Å². The van der Waals surface area contributed by atoms with Crippen molar-refractivity contribution in [3.05, 3.63) is 84.9 Å². The fourth-order valence-electron chi connectivity index (χ4n) is 3.26. The van der Waals surface area contributed by atoms with Crippen LogP contribution in [0.15, 0.2) is 94.7 Å². The molecule has 0 fully saturated rings. The number of para-hydroxylation sites is 1. The molecular weight excluding hydrogens is 310 g/mol. The third-order valence-corrected chi connectivity index (χ3v) is 5.56. The molecule has 1 N–H and O–H groups in total. The quantitative estimate of drug-likeness (QED) is 0.367. The first-order valence-corrected chi connectivity index (χ1v) is 8.86. The van der Waals surface area contributed by atoms with Gasteiger partial charge in [0.05, 0.1) is 11.4 Å². The number of anilines is 2. The third kappa shape index (κ3) is 2.19. The van der Waals surface area contributed by atoms with E-state index in [0.717, 1.165) is 0 Å². The SMILES string of the molecule is c1ccc(-c2cccc3c2Nc2cc4ccccc4cc2S3)cc1. The smallest absolute Gasteiger partial charge is 0.0606 e. The van der Waals surface area contributed by atoms with Gasteiger partial charge in [-0.15, -0.1) is 0 Å². The Balaban J connectivity index is 1.67. The van der Waals surface area contributed by atoms with E-state index in [0.29, 0.717) is 0 Å². The predicted molar refractivity (Wildman–Crippen MR) is 103 cm³/mol. The lowest BCUT2D eigenvalue weighted by atomic mass is 10.0. The van der Waals surface area contributed by atoms with Crippen LogP contribution in [0.5, 0.6) is 0 Å². The van der Waals surface area contributed by atoms with E-state index in [2.05, 4.69) is 90.2 Å². The maximum absolute atomic E-state index is 3.68. The van der Waals surface area contributed by atoms with Crippen LogP contribution in [-0.2, 0) is 0 Å². The minimum atomic E-state index is 1.19. The van der Waals surface area contributed by atoms with Gasteiger partial charge < -0.3 is 5.32 Å². The summed E-state index contributed by atoms with van der Waals surface area (Å²) in [5.41, 5.74) is 4.89. The van der Waals surface area contributed by atoms with Crippen molar-refractivity contribution in [1.82, 2.24) is 0 Å². The molecule has 4 aromatic carbocycles. The molecule has 0 saturated carbocycles. The molecule has 0 spiro atoms. The molecule has 0 amide bonds. The Labute approximate surface area is 145 Å². The van der Waals surface area contributed by atoms with Gasteiger partial charge in [0.1, 0.15) is 0 Å². The van der Waals surface area contributed by atoms with Crippen molar-refractivity contribution in [1.29, 1.82) is 0 Å². The summed E-state index contributed by atoms with van der Waals surface area (Å²) in [6.45, 7) is 0. The lowest BCUT2D eigenvalue weighted by molar-refractivity contribution is 1.33. The first-order chi connectivity index (χ1) is 11.9. The van der Waals surface area contributed by atoms with Crippen molar-refractivity contribution in [2.75, 3.05) is 5.32 Å². The zero-order valence-corrected chi connectivity index (χ0v) is 13.8. The van der Waals surface area contributed by atoms with Gasteiger partial charge in [-0.05, 0) is 34.5 Å². The van der Waals surface area contributed by atoms with Crippen molar-refractivity contribution in [3.63, 3.8) is 0 Å². The molecule has 1 aliphatic heterocycles. The van der Waals surface area contributed by atoms with Crippen LogP contribution in [0.4, 0.5) is 11.4 Å². The molecule has 1 heterocycles. The van der Waals surface area contributed by atoms with Crippen molar-refractivity contribution < 1.29 is 0 Å². The molecule has 5 rings (SSSR count). The average molecular weight is 325 g/mol. The molecule has 24 heavy (non-hydrogen) atoms. The summed E-state index contributed by atoms with van der Waals surface area (Å²) in [6, 6.07) is 30.1. The van der Waals surface area contributed by atoms with Gasteiger partial charge in [-0.1, -0.05) is 78.5 Å². The Morgan fingerprint density at radius 3 is 2.21 bits per heavy atom. The molecule has 114 valence electrons. The summed E-state index contributed by atoms with van der Waals surface area (Å²) >= 11 is 1.84. The highest BCUT2D eigenvalue weighted by molar-refractivity contribution is 7.99. The molecule has 0 atom stereocenters. The largest absolute Gasteiger partial charge is 0.353 e. The lowest BCUT2D eigenvalue weighted by Gasteiger charge is -2.24. The van der Waals surface area contributed by atoms with Gasteiger partial charge in [-0.25, -0.2) is 0 Å². The van der Waals surface area contributed by atoms with Crippen LogP contribution in [0.25, 0.3) is 21.9 Å². The second kappa shape index (κ2) is 5.43. The van der Waals surface area contributed by atoms with E-state index < -0.39 is 0 Å². The van der Waals surface area contributed by atoms with E-state index in [-0.39, 0.29) is 0 Å². The molecule has 1 nitrogen and oxygen atoms in total. The average Bonchev–Trinajstić information content (AvgIpc) is 2.65. The van der Waals surface area contributed by atoms with Gasteiger partial charge in [-0.2, -0.15) is 0 Å². The molecule has 1 aliphatic rings. The van der Waals surface area contributed by atoms with Gasteiger partial charge in [0.25, 0.3) is 0 Å². The second-order valence-corrected chi connectivity index (χ2v) is 7.05. The summed E-state index contributed by atoms with van der Waals surface area (Å²) in [6.07, 6.45) is 0. The Morgan fingerprint density at radius 2 is 1.38 bits per heavy atom. The van der Waals surface area contributed by atoms with Crippen LogP contribution < -0.4 is 5.32 Å². The van der Waals surface area contributed by atoms with Crippen LogP contribution in [0, 0.1) is 0 Å². The summed E-state index contributed by atoms with van der Waals surface area (Å²) in [5, 5.41) is 6.23. The highest BCUT2D eigenvalue weighted by atomic mass is 32.2. The van der Waals surface area contributed by atoms with Gasteiger partial charge in [0.2, 0.25) is 0 Å². The Hall–Kier alpha value is -2.71. The number of hydrogen-bond acceptors (Lipinski definition) is 2. The number of hydrogen-bond donors (Lipinski definition) is 1. The maximum atomic E-state index is 3.68. The van der Waals surface area contributed by atoms with Crippen molar-refractivity contribution >= 4 is 33.9 Å². The Bertz CT molecular complexity index is 1050. The molecule has 0 unspecified atom stereocenters. The molecule has 0 aliphatic carbocycles. The third-order valence-electron chi connectivity index (χ3n) is 4.44. The number of benzene rings is 4. The highest BCUT2D eigenvalue weighted by Crippen LogP contribution is 2.48. The van der Waals surface area contributed by atoms with Crippen LogP contribution in [0.2, 0.25) is 0 Å². The van der Waals surface area contributed by atoms with E-state index in [9.17, 15) is 0 Å². The predicted octanol–water partition coefficient (Wildman–Crippen LogP) is 6.72. The van der Waals surface area contributed by atoms with Gasteiger partial charge in [-0.3, -0.25) is 0 Å². The minimum Gasteiger partial charge on any atom is -0.353 e.